The van der Waals surface area contributed by atoms with E-state index in [1.54, 1.807) is 0 Å². The molecule has 0 unspecified atom stereocenters. The average Bonchev–Trinajstić information content (AvgIpc) is 2.37. The van der Waals surface area contributed by atoms with Crippen molar-refractivity contribution in [2.24, 2.45) is 5.16 Å². The van der Waals surface area contributed by atoms with Crippen molar-refractivity contribution in [3.05, 3.63) is 63.6 Å². The van der Waals surface area contributed by atoms with Crippen LogP contribution in [0.2, 0.25) is 10.0 Å². The number of benzene rings is 2. The minimum Gasteiger partial charge on any atom is -0.357 e. The zero-order valence-electron chi connectivity index (χ0n) is 10.4. The molecule has 7 heteroatoms. The molecule has 0 bridgehead atoms. The molecule has 0 atom stereocenters. The number of hydrogen-bond acceptors (Lipinski definition) is 2. The van der Waals surface area contributed by atoms with Crippen molar-refractivity contribution in [1.29, 1.82) is 0 Å². The summed E-state index contributed by atoms with van der Waals surface area (Å²) in [6.07, 6.45) is -3.07. The summed E-state index contributed by atoms with van der Waals surface area (Å²) in [5, 5.41) is 4.44. The average molecular weight is 334 g/mol. The van der Waals surface area contributed by atoms with E-state index in [0.29, 0.717) is 21.4 Å². The minimum atomic E-state index is -4.36. The van der Waals surface area contributed by atoms with Crippen LogP contribution in [0.4, 0.5) is 13.2 Å². The number of hydrogen-bond donors (Lipinski definition) is 0. The third-order valence-electron chi connectivity index (χ3n) is 2.43. The van der Waals surface area contributed by atoms with Gasteiger partial charge in [-0.25, -0.2) is 0 Å². The molecule has 0 aliphatic rings. The van der Waals surface area contributed by atoms with E-state index in [1.165, 1.54) is 36.5 Å². The molecule has 0 aromatic heterocycles. The third-order valence-corrected chi connectivity index (χ3v) is 2.87. The van der Waals surface area contributed by atoms with E-state index in [9.17, 15) is 13.2 Å². The Bertz CT molecular complexity index is 634. The number of oxime groups is 1. The first-order valence-corrected chi connectivity index (χ1v) is 6.44. The van der Waals surface area contributed by atoms with Crippen molar-refractivity contribution in [2.45, 2.75) is 6.18 Å². The number of alkyl halides is 3. The first kappa shape index (κ1) is 15.7. The van der Waals surface area contributed by atoms with E-state index in [4.69, 9.17) is 28.0 Å². The topological polar surface area (TPSA) is 21.6 Å². The Morgan fingerprint density at radius 2 is 1.52 bits per heavy atom. The van der Waals surface area contributed by atoms with Gasteiger partial charge in [-0.05, 0) is 23.8 Å². The molecule has 0 amide bonds. The van der Waals surface area contributed by atoms with Crippen LogP contribution in [0.15, 0.2) is 47.6 Å². The fourth-order valence-electron chi connectivity index (χ4n) is 1.49. The highest BCUT2D eigenvalue weighted by Crippen LogP contribution is 2.29. The highest BCUT2D eigenvalue weighted by molar-refractivity contribution is 6.34. The maximum absolute atomic E-state index is 12.4. The fourth-order valence-corrected chi connectivity index (χ4v) is 1.99. The molecule has 0 saturated carbocycles. The summed E-state index contributed by atoms with van der Waals surface area (Å²) >= 11 is 11.6. The molecule has 2 aromatic carbocycles. The van der Waals surface area contributed by atoms with Gasteiger partial charge in [0.2, 0.25) is 0 Å². The van der Waals surface area contributed by atoms with Gasteiger partial charge in [-0.15, -0.1) is 0 Å². The molecule has 110 valence electrons. The summed E-state index contributed by atoms with van der Waals surface area (Å²) in [6.45, 7) is 0. The quantitative estimate of drug-likeness (QED) is 0.542. The Labute approximate surface area is 128 Å². The maximum atomic E-state index is 12.4. The third kappa shape index (κ3) is 4.65. The van der Waals surface area contributed by atoms with Crippen molar-refractivity contribution < 1.29 is 18.0 Å². The van der Waals surface area contributed by atoms with E-state index in [0.717, 1.165) is 12.1 Å². The maximum Gasteiger partial charge on any atom is 0.416 e. The van der Waals surface area contributed by atoms with Crippen LogP contribution in [-0.2, 0) is 6.18 Å². The van der Waals surface area contributed by atoms with Crippen LogP contribution in [-0.4, -0.2) is 6.21 Å². The smallest absolute Gasteiger partial charge is 0.357 e. The first-order valence-electron chi connectivity index (χ1n) is 5.68. The van der Waals surface area contributed by atoms with Crippen LogP contribution in [0.1, 0.15) is 11.1 Å². The molecule has 0 aliphatic heterocycles. The SMILES string of the molecule is FC(F)(F)c1ccc(/C=N/Oc2cc(Cl)cc(Cl)c2)cc1. The van der Waals surface area contributed by atoms with E-state index in [-0.39, 0.29) is 0 Å². The van der Waals surface area contributed by atoms with Crippen molar-refractivity contribution in [2.75, 3.05) is 0 Å². The monoisotopic (exact) mass is 333 g/mol. The van der Waals surface area contributed by atoms with E-state index < -0.39 is 11.7 Å². The molecule has 2 nitrogen and oxygen atoms in total. The van der Waals surface area contributed by atoms with Crippen LogP contribution >= 0.6 is 23.2 Å². The summed E-state index contributed by atoms with van der Waals surface area (Å²) in [6, 6.07) is 9.08. The second-order valence-electron chi connectivity index (χ2n) is 4.05. The Morgan fingerprint density at radius 3 is 2.05 bits per heavy atom. The predicted molar refractivity (Wildman–Crippen MR) is 76.1 cm³/mol. The molecule has 21 heavy (non-hydrogen) atoms. The van der Waals surface area contributed by atoms with Gasteiger partial charge in [0.1, 0.15) is 0 Å². The highest BCUT2D eigenvalue weighted by Gasteiger charge is 2.29. The molecule has 0 saturated heterocycles. The van der Waals surface area contributed by atoms with E-state index in [1.807, 2.05) is 0 Å². The molecule has 0 fully saturated rings. The summed E-state index contributed by atoms with van der Waals surface area (Å²) in [7, 11) is 0. The second kappa shape index (κ2) is 6.37. The molecule has 0 spiro atoms. The summed E-state index contributed by atoms with van der Waals surface area (Å²) in [5.74, 6) is 0.329. The van der Waals surface area contributed by atoms with Crippen molar-refractivity contribution in [3.8, 4) is 5.75 Å². The molecule has 0 aliphatic carbocycles. The first-order chi connectivity index (χ1) is 9.84. The molecule has 2 aromatic rings. The fraction of sp³-hybridized carbons (Fsp3) is 0.0714. The van der Waals surface area contributed by atoms with Gasteiger partial charge in [-0.1, -0.05) is 40.5 Å². The van der Waals surface area contributed by atoms with Gasteiger partial charge in [-0.2, -0.15) is 13.2 Å². The van der Waals surface area contributed by atoms with Gasteiger partial charge in [0.15, 0.2) is 5.75 Å². The summed E-state index contributed by atoms with van der Waals surface area (Å²) in [4.78, 5) is 5.05. The lowest BCUT2D eigenvalue weighted by Gasteiger charge is -2.05. The van der Waals surface area contributed by atoms with Crippen molar-refractivity contribution in [1.82, 2.24) is 0 Å². The Kier molecular flexibility index (Phi) is 4.75. The van der Waals surface area contributed by atoms with Gasteiger partial charge < -0.3 is 4.84 Å². The normalized spacial score (nSPS) is 11.9. The standard InChI is InChI=1S/C14H8Cl2F3NO/c15-11-5-12(16)7-13(6-11)21-20-8-9-1-3-10(4-2-9)14(17,18)19/h1-8H/b20-8+. The van der Waals surface area contributed by atoms with Gasteiger partial charge in [0.05, 0.1) is 11.8 Å². The summed E-state index contributed by atoms with van der Waals surface area (Å²) < 4.78 is 37.2. The Morgan fingerprint density at radius 1 is 0.952 bits per heavy atom. The van der Waals surface area contributed by atoms with Crippen molar-refractivity contribution >= 4 is 29.4 Å². The van der Waals surface area contributed by atoms with Crippen LogP contribution in [0, 0.1) is 0 Å². The Balaban J connectivity index is 2.04. The van der Waals surface area contributed by atoms with Crippen LogP contribution < -0.4 is 4.84 Å². The molecule has 0 radical (unpaired) electrons. The van der Waals surface area contributed by atoms with Gasteiger partial charge in [0.25, 0.3) is 0 Å². The lowest BCUT2D eigenvalue weighted by molar-refractivity contribution is -0.137. The largest absolute Gasteiger partial charge is 0.416 e. The van der Waals surface area contributed by atoms with E-state index >= 15 is 0 Å². The predicted octanol–water partition coefficient (Wildman–Crippen LogP) is 5.43. The van der Waals surface area contributed by atoms with Crippen molar-refractivity contribution in [3.63, 3.8) is 0 Å². The van der Waals surface area contributed by atoms with Crippen LogP contribution in [0.25, 0.3) is 0 Å². The van der Waals surface area contributed by atoms with Gasteiger partial charge in [-0.3, -0.25) is 0 Å². The van der Waals surface area contributed by atoms with Gasteiger partial charge in [0, 0.05) is 22.2 Å². The van der Waals surface area contributed by atoms with E-state index in [2.05, 4.69) is 5.16 Å². The highest BCUT2D eigenvalue weighted by atomic mass is 35.5. The number of halogens is 5. The van der Waals surface area contributed by atoms with Gasteiger partial charge >= 0.3 is 6.18 Å². The zero-order valence-corrected chi connectivity index (χ0v) is 11.9. The minimum absolute atomic E-state index is 0.329. The lowest BCUT2D eigenvalue weighted by atomic mass is 10.1. The summed E-state index contributed by atoms with van der Waals surface area (Å²) in [5.41, 5.74) is -0.252. The number of rotatable bonds is 3. The molecule has 2 rings (SSSR count). The lowest BCUT2D eigenvalue weighted by Crippen LogP contribution is -2.04. The van der Waals surface area contributed by atoms with Crippen LogP contribution in [0.3, 0.4) is 0 Å². The second-order valence-corrected chi connectivity index (χ2v) is 4.92. The molecular weight excluding hydrogens is 326 g/mol. The van der Waals surface area contributed by atoms with Crippen LogP contribution in [0.5, 0.6) is 5.75 Å². The molecule has 0 N–H and O–H groups in total. The molecule has 0 heterocycles. The zero-order chi connectivity index (χ0) is 15.5. The Hall–Kier alpha value is -1.72. The number of nitrogens with zero attached hydrogens (tertiary/aromatic N) is 1. The molecular formula is C14H8Cl2F3NO.